The molecule has 2 fully saturated rings. The molecular weight excluding hydrogens is 317 g/mol. The lowest BCUT2D eigenvalue weighted by Crippen LogP contribution is -2.48. The van der Waals surface area contributed by atoms with E-state index in [1.807, 2.05) is 0 Å². The maximum Gasteiger partial charge on any atom is 0.191 e. The Morgan fingerprint density at radius 3 is 2.81 bits per heavy atom. The zero-order chi connectivity index (χ0) is 10.7. The minimum absolute atomic E-state index is 0. The van der Waals surface area contributed by atoms with Gasteiger partial charge in [0.15, 0.2) is 5.96 Å². The molecule has 2 N–H and O–H groups in total. The Kier molecular flexibility index (Phi) is 5.82. The standard InChI is InChI=1S/C11H21N3O.HI/c1-9-8-14(5-6-15-9)11(12)13-7-10-3-2-4-10;/h9-10H,2-8H2,1H3,(H2,12,13);1H. The van der Waals surface area contributed by atoms with Gasteiger partial charge in [0.05, 0.1) is 12.7 Å². The number of hydrogen-bond donors (Lipinski definition) is 1. The number of rotatable bonds is 2. The second-order valence-electron chi connectivity index (χ2n) is 4.62. The third-order valence-electron chi connectivity index (χ3n) is 3.30. The minimum atomic E-state index is 0. The molecule has 1 heterocycles. The van der Waals surface area contributed by atoms with Crippen LogP contribution >= 0.6 is 24.0 Å². The van der Waals surface area contributed by atoms with Crippen LogP contribution in [0.5, 0.6) is 0 Å². The highest BCUT2D eigenvalue weighted by molar-refractivity contribution is 14.0. The van der Waals surface area contributed by atoms with Crippen molar-refractivity contribution >= 4 is 29.9 Å². The average molecular weight is 339 g/mol. The smallest absolute Gasteiger partial charge is 0.191 e. The fraction of sp³-hybridized carbons (Fsp3) is 0.909. The topological polar surface area (TPSA) is 50.8 Å². The molecule has 1 aliphatic carbocycles. The molecule has 5 heteroatoms. The van der Waals surface area contributed by atoms with Crippen molar-refractivity contribution in [1.29, 1.82) is 0 Å². The normalized spacial score (nSPS) is 27.2. The summed E-state index contributed by atoms with van der Waals surface area (Å²) in [6, 6.07) is 0. The molecule has 0 aromatic rings. The van der Waals surface area contributed by atoms with Gasteiger partial charge >= 0.3 is 0 Å². The molecule has 1 saturated carbocycles. The van der Waals surface area contributed by atoms with Crippen molar-refractivity contribution in [2.45, 2.75) is 32.3 Å². The second-order valence-corrected chi connectivity index (χ2v) is 4.62. The van der Waals surface area contributed by atoms with Crippen molar-refractivity contribution < 1.29 is 4.74 Å². The van der Waals surface area contributed by atoms with Gasteiger partial charge in [-0.15, -0.1) is 24.0 Å². The van der Waals surface area contributed by atoms with Crippen molar-refractivity contribution in [3.05, 3.63) is 0 Å². The highest BCUT2D eigenvalue weighted by atomic mass is 127. The highest BCUT2D eigenvalue weighted by Crippen LogP contribution is 2.26. The number of guanidine groups is 1. The molecule has 0 amide bonds. The van der Waals surface area contributed by atoms with Gasteiger partial charge in [-0.3, -0.25) is 4.99 Å². The first-order valence-electron chi connectivity index (χ1n) is 5.92. The number of morpholine rings is 1. The van der Waals surface area contributed by atoms with E-state index in [2.05, 4.69) is 16.8 Å². The lowest BCUT2D eigenvalue weighted by molar-refractivity contribution is 0.00525. The first-order chi connectivity index (χ1) is 7.25. The fourth-order valence-corrected chi connectivity index (χ4v) is 2.02. The quantitative estimate of drug-likeness (QED) is 0.471. The van der Waals surface area contributed by atoms with E-state index in [0.29, 0.717) is 5.96 Å². The van der Waals surface area contributed by atoms with E-state index in [1.54, 1.807) is 0 Å². The van der Waals surface area contributed by atoms with Crippen LogP contribution in [0.2, 0.25) is 0 Å². The summed E-state index contributed by atoms with van der Waals surface area (Å²) in [4.78, 5) is 6.60. The van der Waals surface area contributed by atoms with E-state index < -0.39 is 0 Å². The van der Waals surface area contributed by atoms with Crippen LogP contribution in [0.3, 0.4) is 0 Å². The van der Waals surface area contributed by atoms with Crippen molar-refractivity contribution in [3.8, 4) is 0 Å². The van der Waals surface area contributed by atoms with Crippen molar-refractivity contribution in [3.63, 3.8) is 0 Å². The predicted octanol–water partition coefficient (Wildman–Crippen LogP) is 1.44. The number of hydrogen-bond acceptors (Lipinski definition) is 2. The molecule has 0 aromatic heterocycles. The third-order valence-corrected chi connectivity index (χ3v) is 3.30. The molecule has 1 aliphatic heterocycles. The third kappa shape index (κ3) is 3.76. The van der Waals surface area contributed by atoms with E-state index in [9.17, 15) is 0 Å². The minimum Gasteiger partial charge on any atom is -0.375 e. The zero-order valence-electron chi connectivity index (χ0n) is 9.89. The Balaban J connectivity index is 0.00000128. The van der Waals surface area contributed by atoms with Crippen molar-refractivity contribution in [2.24, 2.45) is 16.6 Å². The largest absolute Gasteiger partial charge is 0.375 e. The maximum atomic E-state index is 5.96. The Bertz CT molecular complexity index is 243. The van der Waals surface area contributed by atoms with Crippen LogP contribution in [-0.4, -0.2) is 43.2 Å². The average Bonchev–Trinajstić information content (AvgIpc) is 2.15. The van der Waals surface area contributed by atoms with Gasteiger partial charge in [-0.1, -0.05) is 6.42 Å². The molecule has 2 aliphatic rings. The summed E-state index contributed by atoms with van der Waals surface area (Å²) in [5.41, 5.74) is 5.96. The number of nitrogens with zero attached hydrogens (tertiary/aromatic N) is 2. The Morgan fingerprint density at radius 1 is 1.50 bits per heavy atom. The zero-order valence-corrected chi connectivity index (χ0v) is 12.2. The first-order valence-corrected chi connectivity index (χ1v) is 5.92. The lowest BCUT2D eigenvalue weighted by Gasteiger charge is -2.32. The van der Waals surface area contributed by atoms with Gasteiger partial charge in [0.2, 0.25) is 0 Å². The Morgan fingerprint density at radius 2 is 2.25 bits per heavy atom. The molecular formula is C11H22IN3O. The van der Waals surface area contributed by atoms with Crippen LogP contribution in [0.25, 0.3) is 0 Å². The monoisotopic (exact) mass is 339 g/mol. The summed E-state index contributed by atoms with van der Waals surface area (Å²) in [5.74, 6) is 1.50. The van der Waals surface area contributed by atoms with Crippen LogP contribution < -0.4 is 5.73 Å². The molecule has 1 unspecified atom stereocenters. The molecule has 0 spiro atoms. The van der Waals surface area contributed by atoms with Gasteiger partial charge in [-0.2, -0.15) is 0 Å². The summed E-state index contributed by atoms with van der Waals surface area (Å²) >= 11 is 0. The van der Waals surface area contributed by atoms with Crippen LogP contribution in [0.15, 0.2) is 4.99 Å². The molecule has 94 valence electrons. The highest BCUT2D eigenvalue weighted by Gasteiger charge is 2.20. The summed E-state index contributed by atoms with van der Waals surface area (Å²) < 4.78 is 5.46. The van der Waals surface area contributed by atoms with E-state index in [0.717, 1.165) is 32.2 Å². The molecule has 4 nitrogen and oxygen atoms in total. The number of nitrogens with two attached hydrogens (primary N) is 1. The van der Waals surface area contributed by atoms with E-state index >= 15 is 0 Å². The summed E-state index contributed by atoms with van der Waals surface area (Å²) in [6.07, 6.45) is 4.30. The predicted molar refractivity (Wildman–Crippen MR) is 76.2 cm³/mol. The SMILES string of the molecule is CC1CN(C(N)=NCC2CCC2)CCO1.I. The van der Waals surface area contributed by atoms with Gasteiger partial charge in [0.25, 0.3) is 0 Å². The van der Waals surface area contributed by atoms with Crippen molar-refractivity contribution in [2.75, 3.05) is 26.2 Å². The summed E-state index contributed by atoms with van der Waals surface area (Å²) in [5, 5.41) is 0. The molecule has 16 heavy (non-hydrogen) atoms. The van der Waals surface area contributed by atoms with Crippen LogP contribution in [0.4, 0.5) is 0 Å². The van der Waals surface area contributed by atoms with Crippen LogP contribution in [0, 0.1) is 5.92 Å². The van der Waals surface area contributed by atoms with Gasteiger partial charge in [-0.25, -0.2) is 0 Å². The molecule has 2 rings (SSSR count). The van der Waals surface area contributed by atoms with Crippen LogP contribution in [0.1, 0.15) is 26.2 Å². The molecule has 0 aromatic carbocycles. The lowest BCUT2D eigenvalue weighted by atomic mass is 9.86. The van der Waals surface area contributed by atoms with E-state index in [1.165, 1.54) is 19.3 Å². The molecule has 0 radical (unpaired) electrons. The van der Waals surface area contributed by atoms with Crippen LogP contribution in [-0.2, 0) is 4.74 Å². The fourth-order valence-electron chi connectivity index (χ4n) is 2.02. The summed E-state index contributed by atoms with van der Waals surface area (Å²) in [6.45, 7) is 5.51. The van der Waals surface area contributed by atoms with Gasteiger partial charge in [0.1, 0.15) is 0 Å². The summed E-state index contributed by atoms with van der Waals surface area (Å²) in [7, 11) is 0. The Labute approximate surface area is 115 Å². The number of ether oxygens (including phenoxy) is 1. The van der Waals surface area contributed by atoms with Crippen molar-refractivity contribution in [1.82, 2.24) is 4.90 Å². The first kappa shape index (κ1) is 14.0. The number of aliphatic imine (C=N–C) groups is 1. The molecule has 0 bridgehead atoms. The van der Waals surface area contributed by atoms with Gasteiger partial charge in [-0.05, 0) is 25.7 Å². The second kappa shape index (κ2) is 6.64. The van der Waals surface area contributed by atoms with E-state index in [-0.39, 0.29) is 30.1 Å². The van der Waals surface area contributed by atoms with Gasteiger partial charge in [0, 0.05) is 19.6 Å². The number of halogens is 1. The molecule has 1 saturated heterocycles. The Hall–Kier alpha value is -0.0400. The van der Waals surface area contributed by atoms with Gasteiger partial charge < -0.3 is 15.4 Å². The molecule has 1 atom stereocenters. The van der Waals surface area contributed by atoms with E-state index in [4.69, 9.17) is 10.5 Å². The maximum absolute atomic E-state index is 5.96.